The zero-order valence-corrected chi connectivity index (χ0v) is 21.1. The minimum absolute atomic E-state index is 0.230. The van der Waals surface area contributed by atoms with Crippen LogP contribution in [0.25, 0.3) is 0 Å². The summed E-state index contributed by atoms with van der Waals surface area (Å²) in [5, 5.41) is 19.6. The Kier molecular flexibility index (Phi) is 9.16. The van der Waals surface area contributed by atoms with E-state index < -0.39 is 49.3 Å². The first-order chi connectivity index (χ1) is 11.5. The Labute approximate surface area is 162 Å². The number of carbonyl (C=O) groups is 1. The van der Waals surface area contributed by atoms with Crippen LogP contribution in [0.5, 0.6) is 0 Å². The average molecular weight is 423 g/mol. The standard InChI is InChI=1S/C17H38O6Si3/c1-11-12-17(16(4,20)13-18,21-15(19)14(2)3)24(22-25(5,6)7)23-26(8,9)10/h18,20,24H,2,11-13H2,1,3-10H3. The lowest BCUT2D eigenvalue weighted by atomic mass is 9.95. The normalized spacial score (nSPS) is 17.5. The van der Waals surface area contributed by atoms with Crippen molar-refractivity contribution in [2.24, 2.45) is 0 Å². The second-order valence-electron chi connectivity index (χ2n) is 9.03. The average Bonchev–Trinajstić information content (AvgIpc) is 2.42. The molecule has 0 rings (SSSR count). The van der Waals surface area contributed by atoms with E-state index in [1.165, 1.54) is 6.92 Å². The molecule has 0 aliphatic rings. The van der Waals surface area contributed by atoms with E-state index in [0.717, 1.165) is 0 Å². The maximum Gasteiger partial charge on any atom is 0.349 e. The van der Waals surface area contributed by atoms with E-state index in [-0.39, 0.29) is 5.57 Å². The molecule has 0 aromatic rings. The maximum atomic E-state index is 12.5. The molecule has 0 aliphatic carbocycles. The molecule has 0 saturated carbocycles. The second kappa shape index (κ2) is 9.26. The van der Waals surface area contributed by atoms with Gasteiger partial charge in [-0.2, -0.15) is 0 Å². The molecule has 0 spiro atoms. The van der Waals surface area contributed by atoms with Gasteiger partial charge in [-0.15, -0.1) is 0 Å². The van der Waals surface area contributed by atoms with Crippen molar-refractivity contribution in [2.75, 3.05) is 6.61 Å². The van der Waals surface area contributed by atoms with E-state index in [0.29, 0.717) is 12.8 Å². The molecule has 0 aromatic carbocycles. The van der Waals surface area contributed by atoms with Crippen molar-refractivity contribution in [3.8, 4) is 0 Å². The van der Waals surface area contributed by atoms with Gasteiger partial charge in [0.2, 0.25) is 0 Å². The highest BCUT2D eigenvalue weighted by atomic mass is 28.4. The van der Waals surface area contributed by atoms with Crippen LogP contribution in [-0.2, 0) is 17.8 Å². The number of aliphatic hydroxyl groups is 2. The van der Waals surface area contributed by atoms with Gasteiger partial charge < -0.3 is 23.2 Å². The van der Waals surface area contributed by atoms with Crippen molar-refractivity contribution in [3.05, 3.63) is 12.2 Å². The predicted molar refractivity (Wildman–Crippen MR) is 112 cm³/mol. The topological polar surface area (TPSA) is 85.2 Å². The van der Waals surface area contributed by atoms with Crippen molar-refractivity contribution < 1.29 is 28.0 Å². The third-order valence-electron chi connectivity index (χ3n) is 3.77. The molecule has 2 atom stereocenters. The Hall–Kier alpha value is -0.299. The number of esters is 1. The Bertz CT molecular complexity index is 480. The monoisotopic (exact) mass is 422 g/mol. The van der Waals surface area contributed by atoms with Crippen LogP contribution in [0.4, 0.5) is 0 Å². The molecule has 2 N–H and O–H groups in total. The van der Waals surface area contributed by atoms with Gasteiger partial charge in [-0.3, -0.25) is 0 Å². The third kappa shape index (κ3) is 7.37. The van der Waals surface area contributed by atoms with E-state index in [9.17, 15) is 15.0 Å². The predicted octanol–water partition coefficient (Wildman–Crippen LogP) is 2.85. The summed E-state index contributed by atoms with van der Waals surface area (Å²) in [6, 6.07) is 0. The Balaban J connectivity index is 6.45. The van der Waals surface area contributed by atoms with Crippen molar-refractivity contribution in [3.63, 3.8) is 0 Å². The summed E-state index contributed by atoms with van der Waals surface area (Å²) in [6.45, 7) is 20.3. The van der Waals surface area contributed by atoms with Gasteiger partial charge in [0.05, 0.1) is 6.61 Å². The molecule has 0 amide bonds. The fourth-order valence-corrected chi connectivity index (χ4v) is 11.1. The molecule has 2 unspecified atom stereocenters. The van der Waals surface area contributed by atoms with Crippen LogP contribution in [0, 0.1) is 0 Å². The molecule has 0 aromatic heterocycles. The van der Waals surface area contributed by atoms with E-state index in [2.05, 4.69) is 6.58 Å². The largest absolute Gasteiger partial charge is 0.451 e. The first-order valence-corrected chi connectivity index (χ1v) is 17.4. The van der Waals surface area contributed by atoms with Crippen LogP contribution in [0.15, 0.2) is 12.2 Å². The van der Waals surface area contributed by atoms with Crippen LogP contribution in [0.3, 0.4) is 0 Å². The van der Waals surface area contributed by atoms with Crippen molar-refractivity contribution >= 4 is 31.9 Å². The molecule has 0 bridgehead atoms. The molecular weight excluding hydrogens is 384 g/mol. The molecule has 0 saturated heterocycles. The van der Waals surface area contributed by atoms with Crippen LogP contribution in [0.1, 0.15) is 33.6 Å². The van der Waals surface area contributed by atoms with Gasteiger partial charge in [0.15, 0.2) is 21.9 Å². The molecule has 6 nitrogen and oxygen atoms in total. The zero-order chi connectivity index (χ0) is 21.0. The highest BCUT2D eigenvalue weighted by Crippen LogP contribution is 2.37. The van der Waals surface area contributed by atoms with Crippen LogP contribution in [-0.4, -0.2) is 59.5 Å². The molecule has 0 heterocycles. The fraction of sp³-hybridized carbons (Fsp3) is 0.824. The molecule has 0 fully saturated rings. The third-order valence-corrected chi connectivity index (χ3v) is 12.9. The van der Waals surface area contributed by atoms with Gasteiger partial charge in [0.25, 0.3) is 0 Å². The first kappa shape index (κ1) is 25.7. The highest BCUT2D eigenvalue weighted by Gasteiger charge is 2.60. The first-order valence-electron chi connectivity index (χ1n) is 9.09. The molecule has 26 heavy (non-hydrogen) atoms. The van der Waals surface area contributed by atoms with E-state index in [4.69, 9.17) is 13.0 Å². The smallest absolute Gasteiger partial charge is 0.349 e. The van der Waals surface area contributed by atoms with Crippen LogP contribution < -0.4 is 0 Å². The summed E-state index contributed by atoms with van der Waals surface area (Å²) in [7, 11) is -6.92. The van der Waals surface area contributed by atoms with Crippen molar-refractivity contribution in [1.29, 1.82) is 0 Å². The summed E-state index contributed by atoms with van der Waals surface area (Å²) in [6.07, 6.45) is 0.971. The zero-order valence-electron chi connectivity index (χ0n) is 17.9. The Morgan fingerprint density at radius 1 is 1.12 bits per heavy atom. The van der Waals surface area contributed by atoms with Crippen molar-refractivity contribution in [2.45, 2.75) is 83.7 Å². The quantitative estimate of drug-likeness (QED) is 0.302. The number of hydrogen-bond donors (Lipinski definition) is 2. The SMILES string of the molecule is C=C(C)C(=O)OC(CCC)([SiH](O[Si](C)(C)C)O[Si](C)(C)C)C(C)(O)CO. The van der Waals surface area contributed by atoms with Gasteiger partial charge in [-0.25, -0.2) is 4.79 Å². The fourth-order valence-electron chi connectivity index (χ4n) is 2.46. The molecule has 0 radical (unpaired) electrons. The van der Waals surface area contributed by atoms with Crippen LogP contribution in [0.2, 0.25) is 39.3 Å². The lowest BCUT2D eigenvalue weighted by molar-refractivity contribution is -0.182. The lowest BCUT2D eigenvalue weighted by Crippen LogP contribution is -2.70. The highest BCUT2D eigenvalue weighted by molar-refractivity contribution is 6.81. The molecular formula is C17H38O6Si3. The summed E-state index contributed by atoms with van der Waals surface area (Å²) in [5.74, 6) is -0.608. The van der Waals surface area contributed by atoms with Gasteiger partial charge in [-0.05, 0) is 59.6 Å². The number of ether oxygens (including phenoxy) is 1. The minimum Gasteiger partial charge on any atom is -0.451 e. The number of carbonyl (C=O) groups excluding carboxylic acids is 1. The minimum atomic E-state index is -2.76. The van der Waals surface area contributed by atoms with Gasteiger partial charge in [-0.1, -0.05) is 19.9 Å². The number of hydrogen-bond acceptors (Lipinski definition) is 6. The van der Waals surface area contributed by atoms with Crippen molar-refractivity contribution in [1.82, 2.24) is 0 Å². The molecule has 0 aliphatic heterocycles. The maximum absolute atomic E-state index is 12.5. The van der Waals surface area contributed by atoms with Gasteiger partial charge >= 0.3 is 15.3 Å². The van der Waals surface area contributed by atoms with Gasteiger partial charge in [0.1, 0.15) is 5.60 Å². The Morgan fingerprint density at radius 3 is 1.81 bits per heavy atom. The summed E-state index contributed by atoms with van der Waals surface area (Å²) >= 11 is 0. The van der Waals surface area contributed by atoms with E-state index in [1.807, 2.05) is 46.2 Å². The summed E-state index contributed by atoms with van der Waals surface area (Å²) < 4.78 is 18.7. The van der Waals surface area contributed by atoms with Crippen LogP contribution >= 0.6 is 0 Å². The second-order valence-corrected chi connectivity index (χ2v) is 21.0. The van der Waals surface area contributed by atoms with E-state index in [1.54, 1.807) is 6.92 Å². The number of rotatable bonds is 11. The molecule has 9 heteroatoms. The molecule has 154 valence electrons. The summed E-state index contributed by atoms with van der Waals surface area (Å²) in [5.41, 5.74) is -1.46. The Morgan fingerprint density at radius 2 is 1.54 bits per heavy atom. The van der Waals surface area contributed by atoms with E-state index >= 15 is 0 Å². The lowest BCUT2D eigenvalue weighted by Gasteiger charge is -2.49. The number of aliphatic hydroxyl groups excluding tert-OH is 1. The van der Waals surface area contributed by atoms with Gasteiger partial charge in [0, 0.05) is 5.57 Å². The summed E-state index contributed by atoms with van der Waals surface area (Å²) in [4.78, 5) is 12.5.